The number of amides is 4. The van der Waals surface area contributed by atoms with Crippen molar-refractivity contribution in [2.45, 2.75) is 115 Å². The molecule has 4 amide bonds. The number of phenolic OH excluding ortho intramolecular Hbond substituents is 1. The van der Waals surface area contributed by atoms with E-state index in [2.05, 4.69) is 19.9 Å². The van der Waals surface area contributed by atoms with Crippen LogP contribution in [0, 0.1) is 67.1 Å². The van der Waals surface area contributed by atoms with E-state index in [0.29, 0.717) is 111 Å². The topological polar surface area (TPSA) is 216 Å². The Labute approximate surface area is 465 Å². The van der Waals surface area contributed by atoms with Crippen LogP contribution in [0.1, 0.15) is 147 Å². The van der Waals surface area contributed by atoms with Crippen LogP contribution in [0.15, 0.2) is 66.2 Å². The fourth-order valence-electron chi connectivity index (χ4n) is 19.7. The molecule has 3 spiro atoms. The first kappa shape index (κ1) is 47.6. The first-order valence-corrected chi connectivity index (χ1v) is 28.9. The number of hydrogen-bond donors (Lipinski definition) is 5. The number of fused-ring (bicyclic) bond motifs is 6. The molecule has 80 heavy (non-hydrogen) atoms. The average Bonchev–Trinajstić information content (AvgIpc) is 1.16. The van der Waals surface area contributed by atoms with Crippen molar-refractivity contribution in [1.29, 1.82) is 0 Å². The summed E-state index contributed by atoms with van der Waals surface area (Å²) >= 11 is 6.40. The normalized spacial score (nSPS) is 36.9. The van der Waals surface area contributed by atoms with Gasteiger partial charge in [0.1, 0.15) is 5.75 Å². The van der Waals surface area contributed by atoms with Gasteiger partial charge in [-0.25, -0.2) is 0 Å². The van der Waals surface area contributed by atoms with Gasteiger partial charge in [-0.05, 0) is 148 Å². The Morgan fingerprint density at radius 3 is 1.25 bits per heavy atom. The Hall–Kier alpha value is -7.20. The van der Waals surface area contributed by atoms with Crippen LogP contribution in [-0.2, 0) is 35.4 Å². The number of aromatic nitrogens is 4. The van der Waals surface area contributed by atoms with E-state index in [1.165, 1.54) is 0 Å². The lowest BCUT2D eigenvalue weighted by Crippen LogP contribution is -2.72. The van der Waals surface area contributed by atoms with E-state index in [-0.39, 0.29) is 76.3 Å². The molecular formula is C63H61ClN8O8. The Kier molecular flexibility index (Phi) is 8.38. The first-order valence-electron chi connectivity index (χ1n) is 28.3. The van der Waals surface area contributed by atoms with E-state index in [4.69, 9.17) is 11.6 Å². The van der Waals surface area contributed by atoms with Crippen LogP contribution >= 0.6 is 11.6 Å². The number of aromatic amines is 4. The maximum atomic E-state index is 14.1. The molecule has 17 heteroatoms. The summed E-state index contributed by atoms with van der Waals surface area (Å²) in [4.78, 5) is 115. The maximum absolute atomic E-state index is 14.1. The van der Waals surface area contributed by atoms with Gasteiger partial charge in [0.2, 0.25) is 41.0 Å². The Morgan fingerprint density at radius 1 is 0.537 bits per heavy atom. The van der Waals surface area contributed by atoms with E-state index in [1.54, 1.807) is 29.2 Å². The van der Waals surface area contributed by atoms with Crippen molar-refractivity contribution in [2.24, 2.45) is 39.4 Å². The van der Waals surface area contributed by atoms with Gasteiger partial charge < -0.3 is 44.6 Å². The first-order chi connectivity index (χ1) is 37.8. The Bertz CT molecular complexity index is 3900. The van der Waals surface area contributed by atoms with Crippen molar-refractivity contribution < 1.29 is 38.7 Å². The Balaban J connectivity index is 0.000000126. The van der Waals surface area contributed by atoms with E-state index < -0.39 is 21.7 Å². The number of allylic oxidation sites excluding steroid dienone is 6. The highest BCUT2D eigenvalue weighted by Crippen LogP contribution is 2.79. The number of nitrogens with one attached hydrogen (secondary N) is 4. The fraction of sp³-hybridized carbons (Fsp3) is 0.476. The number of carbonyl (C=O) groups is 7. The molecule has 16 nitrogen and oxygen atoms in total. The molecule has 5 N–H and O–H groups in total. The van der Waals surface area contributed by atoms with Crippen LogP contribution in [-0.4, -0.2) is 113 Å². The molecule has 1 aromatic carbocycles. The number of anilines is 1. The molecule has 5 aromatic rings. The highest BCUT2D eigenvalue weighted by atomic mass is 35.5. The zero-order valence-corrected chi connectivity index (χ0v) is 45.1. The minimum Gasteiger partial charge on any atom is -0.506 e. The summed E-state index contributed by atoms with van der Waals surface area (Å²) in [6.45, 7) is 10.5. The quantitative estimate of drug-likeness (QED) is 0.108. The number of aryl methyl sites for hydroxylation is 4. The van der Waals surface area contributed by atoms with E-state index in [9.17, 15) is 38.7 Å². The number of alkyl halides is 1. The van der Waals surface area contributed by atoms with Gasteiger partial charge >= 0.3 is 0 Å². The monoisotopic (exact) mass is 1090 g/mol. The van der Waals surface area contributed by atoms with Crippen molar-refractivity contribution in [3.05, 3.63) is 128 Å². The summed E-state index contributed by atoms with van der Waals surface area (Å²) in [6, 6.07) is 1.68. The van der Waals surface area contributed by atoms with Gasteiger partial charge in [-0.15, -0.1) is 11.6 Å². The Morgan fingerprint density at radius 2 is 0.887 bits per heavy atom. The van der Waals surface area contributed by atoms with E-state index >= 15 is 0 Å². The zero-order valence-electron chi connectivity index (χ0n) is 44.3. The number of halogens is 1. The molecule has 9 saturated carbocycles. The fourth-order valence-corrected chi connectivity index (χ4v) is 20.0. The van der Waals surface area contributed by atoms with Gasteiger partial charge in [0, 0.05) is 126 Å². The zero-order chi connectivity index (χ0) is 53.9. The second-order valence-electron chi connectivity index (χ2n) is 27.2. The number of piperidine rings is 3. The van der Waals surface area contributed by atoms with Crippen molar-refractivity contribution in [2.75, 3.05) is 37.0 Å². The summed E-state index contributed by atoms with van der Waals surface area (Å²) in [5, 5.41) is 11.7. The number of likely N-dealkylation sites (tertiary alicyclic amines) is 3. The molecule has 12 fully saturated rings. The lowest BCUT2D eigenvalue weighted by atomic mass is 9.34. The number of rotatable bonds is 5. The third-order valence-electron chi connectivity index (χ3n) is 23.2. The molecule has 16 aliphatic rings. The van der Waals surface area contributed by atoms with Gasteiger partial charge in [-0.2, -0.15) is 0 Å². The molecule has 12 aliphatic carbocycles. The molecule has 4 aliphatic heterocycles. The summed E-state index contributed by atoms with van der Waals surface area (Å²) < 4.78 is 0. The number of ketones is 3. The largest absolute Gasteiger partial charge is 0.506 e. The molecular weight excluding hydrogens is 1030 g/mol. The predicted octanol–water partition coefficient (Wildman–Crippen LogP) is 8.36. The minimum atomic E-state index is -0.548. The van der Waals surface area contributed by atoms with E-state index in [1.807, 2.05) is 67.2 Å². The third kappa shape index (κ3) is 5.03. The third-order valence-corrected chi connectivity index (χ3v) is 23.6. The van der Waals surface area contributed by atoms with Gasteiger partial charge in [-0.3, -0.25) is 33.6 Å². The molecule has 408 valence electrons. The second kappa shape index (κ2) is 14.1. The summed E-state index contributed by atoms with van der Waals surface area (Å²) in [7, 11) is 0. The summed E-state index contributed by atoms with van der Waals surface area (Å²) in [5.74, 6) is 1.70. The summed E-state index contributed by atoms with van der Waals surface area (Å²) in [6.07, 6.45) is 18.9. The van der Waals surface area contributed by atoms with Crippen LogP contribution < -0.4 is 4.90 Å². The SMILES string of the molecule is C.Cc1c[nH]c2c1C13C[C@@H]1CN(C(=O)C14CC(C(=O)N5C[C@@H](CCl)c6c5cc(O)c5[nH]cc(C)c65)(C1)C4)C3=CC2=O.Cc1c[nH]c2c1[C@@]13C[C@@H]1CN(C(=O)C14CC(C(=O)N5C[C@H]6C[C@@]67C5=CC(=O)c5[nH]cc(C)c57)(C1)C4)C3=CC2=O. The van der Waals surface area contributed by atoms with Crippen molar-refractivity contribution in [3.8, 4) is 5.75 Å². The maximum Gasteiger partial charge on any atom is 0.233 e. The van der Waals surface area contributed by atoms with Gasteiger partial charge in [0.15, 0.2) is 0 Å². The second-order valence-corrected chi connectivity index (χ2v) is 27.5. The number of benzene rings is 1. The van der Waals surface area contributed by atoms with Gasteiger partial charge in [-0.1, -0.05) is 7.43 Å². The smallest absolute Gasteiger partial charge is 0.233 e. The molecule has 1 unspecified atom stereocenters. The molecule has 7 atom stereocenters. The molecule has 4 aromatic heterocycles. The average molecular weight is 1090 g/mol. The number of phenols is 1. The highest BCUT2D eigenvalue weighted by molar-refractivity contribution is 6.19. The van der Waals surface area contributed by atoms with E-state index in [0.717, 1.165) is 91.9 Å². The number of hydrogen-bond acceptors (Lipinski definition) is 8. The van der Waals surface area contributed by atoms with Crippen LogP contribution in [0.25, 0.3) is 10.9 Å². The number of H-pyrrole nitrogens is 4. The number of carbonyl (C=O) groups excluding carboxylic acids is 7. The van der Waals surface area contributed by atoms with Gasteiger partial charge in [0.05, 0.1) is 49.9 Å². The molecule has 8 heterocycles. The lowest BCUT2D eigenvalue weighted by molar-refractivity contribution is -0.219. The van der Waals surface area contributed by atoms with Crippen molar-refractivity contribution in [3.63, 3.8) is 0 Å². The van der Waals surface area contributed by atoms with Gasteiger partial charge in [0.25, 0.3) is 0 Å². The van der Waals surface area contributed by atoms with Crippen LogP contribution in [0.2, 0.25) is 0 Å². The van der Waals surface area contributed by atoms with Crippen molar-refractivity contribution in [1.82, 2.24) is 34.6 Å². The number of nitrogens with zero attached hydrogens (tertiary/aromatic N) is 4. The standard InChI is InChI=1S/C31H29ClN4O4.C31H28N4O4.CH4/c1-14-7-33-25-19(37)3-18-23(22(14)25)16(6-32)9-35(18)27(39)29-11-30(12-29,13-29)28(40)36-10-17-5-31(17)21(36)4-20(38)26-24(31)15(2)8-34-26;1-14-7-32-24-18(36)3-20-30(22(14)24)5-16(30)9-34(20)26(38)28-11-29(12-28,13-28)27(39)35-10-17-6-31(17)21(35)4-19(37)25-23(31)15(2)8-33-25;/h3-4,7-8,16-17,33-34,37H,5-6,9-13H2,1-2H3;3-4,7-8,16-17,32-33H,5-6,9-13H2,1-2H3;1H4/t16-,17-,29?,30?,31?;16-,17-,28?,29?,30+,31+;/m11./s1. The summed E-state index contributed by atoms with van der Waals surface area (Å²) in [5.41, 5.74) is 12.0. The predicted molar refractivity (Wildman–Crippen MR) is 293 cm³/mol. The lowest BCUT2D eigenvalue weighted by Gasteiger charge is -2.69. The molecule has 21 rings (SSSR count). The number of aromatic hydroxyl groups is 1. The van der Waals surface area contributed by atoms with Crippen LogP contribution in [0.5, 0.6) is 5.75 Å². The van der Waals surface area contributed by atoms with Crippen LogP contribution in [0.4, 0.5) is 5.69 Å². The highest BCUT2D eigenvalue weighted by Gasteiger charge is 2.81. The minimum absolute atomic E-state index is 0. The van der Waals surface area contributed by atoms with Crippen LogP contribution in [0.3, 0.4) is 0 Å². The molecule has 4 bridgehead atoms. The molecule has 0 radical (unpaired) electrons. The molecule has 3 saturated heterocycles. The van der Waals surface area contributed by atoms with Crippen molar-refractivity contribution >= 4 is 69.2 Å².